The summed E-state index contributed by atoms with van der Waals surface area (Å²) in [7, 11) is 0. The number of aliphatic hydroxyl groups is 1. The van der Waals surface area contributed by atoms with Gasteiger partial charge >= 0.3 is 0 Å². The van der Waals surface area contributed by atoms with Gasteiger partial charge in [-0.15, -0.1) is 11.3 Å². The van der Waals surface area contributed by atoms with Crippen molar-refractivity contribution in [2.75, 3.05) is 0 Å². The molecule has 2 heteroatoms. The van der Waals surface area contributed by atoms with Gasteiger partial charge in [-0.25, -0.2) is 0 Å². The van der Waals surface area contributed by atoms with E-state index in [1.807, 2.05) is 6.07 Å². The molecule has 1 aromatic heterocycles. The Labute approximate surface area is 89.1 Å². The molecule has 0 radical (unpaired) electrons. The molecule has 1 aliphatic carbocycles. The molecule has 1 N–H and O–H groups in total. The molecule has 0 fully saturated rings. The molecule has 0 bridgehead atoms. The molecule has 0 aliphatic heterocycles. The van der Waals surface area contributed by atoms with E-state index in [4.69, 9.17) is 0 Å². The molecule has 1 atom stereocenters. The van der Waals surface area contributed by atoms with Gasteiger partial charge in [0.25, 0.3) is 0 Å². The third-order valence-corrected chi connectivity index (χ3v) is 4.44. The zero-order valence-electron chi connectivity index (χ0n) is 8.71. The van der Waals surface area contributed by atoms with E-state index in [9.17, 15) is 5.11 Å². The van der Waals surface area contributed by atoms with Gasteiger partial charge in [-0.05, 0) is 24.3 Å². The summed E-state index contributed by atoms with van der Waals surface area (Å²) in [5.41, 5.74) is 0.109. The maximum Gasteiger partial charge on any atom is 0.114 e. The lowest BCUT2D eigenvalue weighted by Crippen LogP contribution is -2.43. The fraction of sp³-hybridized carbons (Fsp3) is 0.500. The van der Waals surface area contributed by atoms with E-state index < -0.39 is 5.60 Å². The van der Waals surface area contributed by atoms with E-state index in [2.05, 4.69) is 25.8 Å². The summed E-state index contributed by atoms with van der Waals surface area (Å²) >= 11 is 1.74. The first-order chi connectivity index (χ1) is 6.51. The van der Waals surface area contributed by atoms with Crippen LogP contribution in [-0.2, 0) is 12.0 Å². The molecular weight excluding hydrogens is 192 g/mol. The van der Waals surface area contributed by atoms with Crippen molar-refractivity contribution in [1.29, 1.82) is 0 Å². The van der Waals surface area contributed by atoms with Gasteiger partial charge in [0.2, 0.25) is 0 Å². The second-order valence-corrected chi connectivity index (χ2v) is 5.61. The second-order valence-electron chi connectivity index (χ2n) is 4.61. The standard InChI is InChI=1S/C12H16OS/c1-4-12(13)9-6-8-14-10(9)5-7-11(12,2)3/h4,6,8,13H,1,5,7H2,2-3H3. The van der Waals surface area contributed by atoms with Crippen LogP contribution < -0.4 is 0 Å². The summed E-state index contributed by atoms with van der Waals surface area (Å²) < 4.78 is 0. The van der Waals surface area contributed by atoms with Crippen molar-refractivity contribution in [2.24, 2.45) is 5.41 Å². The maximum absolute atomic E-state index is 10.6. The van der Waals surface area contributed by atoms with Crippen LogP contribution in [-0.4, -0.2) is 5.11 Å². The van der Waals surface area contributed by atoms with Crippen molar-refractivity contribution in [1.82, 2.24) is 0 Å². The molecule has 2 rings (SSSR count). The van der Waals surface area contributed by atoms with Crippen LogP contribution in [0.15, 0.2) is 24.1 Å². The highest BCUT2D eigenvalue weighted by molar-refractivity contribution is 7.10. The minimum Gasteiger partial charge on any atom is -0.380 e. The molecule has 1 unspecified atom stereocenters. The number of fused-ring (bicyclic) bond motifs is 1. The van der Waals surface area contributed by atoms with Gasteiger partial charge in [-0.3, -0.25) is 0 Å². The lowest BCUT2D eigenvalue weighted by atomic mass is 9.65. The molecule has 0 spiro atoms. The molecule has 14 heavy (non-hydrogen) atoms. The summed E-state index contributed by atoms with van der Waals surface area (Å²) in [6.07, 6.45) is 3.79. The van der Waals surface area contributed by atoms with Gasteiger partial charge in [-0.1, -0.05) is 26.5 Å². The Morgan fingerprint density at radius 3 is 2.93 bits per heavy atom. The van der Waals surface area contributed by atoms with Crippen molar-refractivity contribution in [2.45, 2.75) is 32.3 Å². The van der Waals surface area contributed by atoms with Crippen LogP contribution in [0.3, 0.4) is 0 Å². The molecule has 1 aromatic rings. The van der Waals surface area contributed by atoms with E-state index in [-0.39, 0.29) is 5.41 Å². The molecule has 1 aliphatic rings. The molecule has 1 heterocycles. The number of thiophene rings is 1. The fourth-order valence-electron chi connectivity index (χ4n) is 2.24. The Kier molecular flexibility index (Phi) is 2.09. The molecule has 0 amide bonds. The average Bonchev–Trinajstić information content (AvgIpc) is 2.60. The largest absolute Gasteiger partial charge is 0.380 e. The second kappa shape index (κ2) is 2.94. The first-order valence-electron chi connectivity index (χ1n) is 4.94. The molecule has 0 saturated carbocycles. The van der Waals surface area contributed by atoms with E-state index in [1.54, 1.807) is 17.4 Å². The smallest absolute Gasteiger partial charge is 0.114 e. The Morgan fingerprint density at radius 2 is 2.29 bits per heavy atom. The van der Waals surface area contributed by atoms with Crippen LogP contribution in [0.25, 0.3) is 0 Å². The maximum atomic E-state index is 10.6. The van der Waals surface area contributed by atoms with Crippen LogP contribution >= 0.6 is 11.3 Å². The van der Waals surface area contributed by atoms with E-state index in [0.29, 0.717) is 0 Å². The normalized spacial score (nSPS) is 29.6. The zero-order valence-corrected chi connectivity index (χ0v) is 9.53. The topological polar surface area (TPSA) is 20.2 Å². The molecule has 76 valence electrons. The SMILES string of the molecule is C=CC1(O)c2ccsc2CCC1(C)C. The van der Waals surface area contributed by atoms with Gasteiger partial charge in [0.15, 0.2) is 0 Å². The van der Waals surface area contributed by atoms with Crippen LogP contribution in [0.5, 0.6) is 0 Å². The van der Waals surface area contributed by atoms with Gasteiger partial charge < -0.3 is 5.11 Å². The highest BCUT2D eigenvalue weighted by Gasteiger charge is 2.46. The highest BCUT2D eigenvalue weighted by atomic mass is 32.1. The fourth-order valence-corrected chi connectivity index (χ4v) is 3.18. The predicted molar refractivity (Wildman–Crippen MR) is 60.5 cm³/mol. The summed E-state index contributed by atoms with van der Waals surface area (Å²) in [4.78, 5) is 1.31. The quantitative estimate of drug-likeness (QED) is 0.703. The van der Waals surface area contributed by atoms with Gasteiger partial charge in [-0.2, -0.15) is 0 Å². The average molecular weight is 208 g/mol. The van der Waals surface area contributed by atoms with Crippen molar-refractivity contribution in [3.8, 4) is 0 Å². The molecular formula is C12H16OS. The molecule has 1 nitrogen and oxygen atoms in total. The third-order valence-electron chi connectivity index (χ3n) is 3.46. The Hall–Kier alpha value is -0.600. The van der Waals surface area contributed by atoms with Crippen LogP contribution in [0.2, 0.25) is 0 Å². The lowest BCUT2D eigenvalue weighted by molar-refractivity contribution is -0.0415. The van der Waals surface area contributed by atoms with Crippen molar-refractivity contribution in [3.63, 3.8) is 0 Å². The van der Waals surface area contributed by atoms with E-state index >= 15 is 0 Å². The third kappa shape index (κ3) is 1.11. The van der Waals surface area contributed by atoms with Gasteiger partial charge in [0, 0.05) is 15.9 Å². The predicted octanol–water partition coefficient (Wildman–Crippen LogP) is 3.09. The van der Waals surface area contributed by atoms with Crippen LogP contribution in [0.4, 0.5) is 0 Å². The van der Waals surface area contributed by atoms with Crippen molar-refractivity contribution >= 4 is 11.3 Å². The van der Waals surface area contributed by atoms with Crippen molar-refractivity contribution in [3.05, 3.63) is 34.5 Å². The number of rotatable bonds is 1. The Balaban J connectivity index is 2.60. The Bertz CT molecular complexity index is 364. The van der Waals surface area contributed by atoms with Crippen molar-refractivity contribution < 1.29 is 5.11 Å². The monoisotopic (exact) mass is 208 g/mol. The van der Waals surface area contributed by atoms with Crippen LogP contribution in [0.1, 0.15) is 30.7 Å². The highest BCUT2D eigenvalue weighted by Crippen LogP contribution is 2.50. The minimum atomic E-state index is -0.847. The molecule has 0 aromatic carbocycles. The summed E-state index contributed by atoms with van der Waals surface area (Å²) in [5, 5.41) is 12.7. The van der Waals surface area contributed by atoms with Gasteiger partial charge in [0.05, 0.1) is 0 Å². The summed E-state index contributed by atoms with van der Waals surface area (Å²) in [6, 6.07) is 2.03. The lowest BCUT2D eigenvalue weighted by Gasteiger charge is -2.44. The summed E-state index contributed by atoms with van der Waals surface area (Å²) in [5.74, 6) is 0. The van der Waals surface area contributed by atoms with Gasteiger partial charge in [0.1, 0.15) is 5.60 Å². The van der Waals surface area contributed by atoms with Crippen LogP contribution in [0, 0.1) is 5.41 Å². The number of aryl methyl sites for hydroxylation is 1. The molecule has 0 saturated heterocycles. The first kappa shape index (κ1) is 9.94. The number of hydrogen-bond donors (Lipinski definition) is 1. The zero-order chi connectivity index (χ0) is 10.4. The summed E-state index contributed by atoms with van der Waals surface area (Å²) in [6.45, 7) is 8.00. The first-order valence-corrected chi connectivity index (χ1v) is 5.82. The number of hydrogen-bond acceptors (Lipinski definition) is 2. The van der Waals surface area contributed by atoms with E-state index in [0.717, 1.165) is 18.4 Å². The Morgan fingerprint density at radius 1 is 1.57 bits per heavy atom. The minimum absolute atomic E-state index is 0.108. The van der Waals surface area contributed by atoms with E-state index in [1.165, 1.54) is 4.88 Å².